The highest BCUT2D eigenvalue weighted by molar-refractivity contribution is 5.65. The quantitative estimate of drug-likeness (QED) is 0.189. The van der Waals surface area contributed by atoms with Crippen LogP contribution in [-0.2, 0) is 16.1 Å². The van der Waals surface area contributed by atoms with Crippen LogP contribution in [0.15, 0.2) is 30.3 Å². The molecule has 0 radical (unpaired) electrons. The van der Waals surface area contributed by atoms with Crippen molar-refractivity contribution in [3.05, 3.63) is 41.1 Å². The van der Waals surface area contributed by atoms with Crippen molar-refractivity contribution in [3.8, 4) is 0 Å². The van der Waals surface area contributed by atoms with Crippen molar-refractivity contribution in [2.45, 2.75) is 26.3 Å². The van der Waals surface area contributed by atoms with E-state index in [9.17, 15) is 10.0 Å². The molecule has 0 heterocycles. The van der Waals surface area contributed by atoms with Gasteiger partial charge in [-0.2, -0.15) is 0 Å². The van der Waals surface area contributed by atoms with Crippen molar-refractivity contribution < 1.29 is 14.3 Å². The second-order valence-electron chi connectivity index (χ2n) is 3.73. The summed E-state index contributed by atoms with van der Waals surface area (Å²) in [5.41, 5.74) is 0.985. The molecular weight excluding hydrogens is 218 g/mol. The van der Waals surface area contributed by atoms with Crippen molar-refractivity contribution in [2.24, 2.45) is 0 Å². The third-order valence-electron chi connectivity index (χ3n) is 2.17. The van der Waals surface area contributed by atoms with E-state index < -0.39 is 0 Å². The van der Waals surface area contributed by atoms with Gasteiger partial charge in [0.25, 0.3) is 0 Å². The molecule has 4 heteroatoms. The van der Waals surface area contributed by atoms with E-state index in [1.165, 1.54) is 6.92 Å². The number of carbonyl (C=O) groups is 1. The van der Waals surface area contributed by atoms with Crippen molar-refractivity contribution in [2.75, 3.05) is 6.61 Å². The summed E-state index contributed by atoms with van der Waals surface area (Å²) in [6.45, 7) is 2.10. The SMILES string of the molecule is CC(=O)OCCC/C=[N+](\[O-])Cc1ccccc1. The number of hydroxylamine groups is 1. The third-order valence-corrected chi connectivity index (χ3v) is 2.17. The number of carbonyl (C=O) groups excluding carboxylic acids is 1. The molecule has 0 aliphatic rings. The molecule has 0 unspecified atom stereocenters. The van der Waals surface area contributed by atoms with Gasteiger partial charge in [0.15, 0.2) is 12.8 Å². The lowest BCUT2D eigenvalue weighted by Gasteiger charge is -2.04. The second kappa shape index (κ2) is 7.44. The van der Waals surface area contributed by atoms with E-state index >= 15 is 0 Å². The molecule has 0 N–H and O–H groups in total. The summed E-state index contributed by atoms with van der Waals surface area (Å²) in [5.74, 6) is -0.284. The molecule has 1 rings (SSSR count). The predicted molar refractivity (Wildman–Crippen MR) is 65.7 cm³/mol. The molecule has 0 atom stereocenters. The molecule has 4 nitrogen and oxygen atoms in total. The minimum absolute atomic E-state index is 0.284. The number of ether oxygens (including phenoxy) is 1. The topological polar surface area (TPSA) is 52.4 Å². The first kappa shape index (κ1) is 13.2. The summed E-state index contributed by atoms with van der Waals surface area (Å²) in [5, 5.41) is 11.5. The van der Waals surface area contributed by atoms with E-state index in [0.717, 1.165) is 10.3 Å². The Kier molecular flexibility index (Phi) is 5.79. The van der Waals surface area contributed by atoms with E-state index in [0.29, 0.717) is 26.0 Å². The molecule has 1 aromatic carbocycles. The van der Waals surface area contributed by atoms with E-state index in [1.54, 1.807) is 6.21 Å². The number of benzene rings is 1. The molecule has 0 saturated carbocycles. The lowest BCUT2D eigenvalue weighted by Crippen LogP contribution is -2.06. The number of unbranched alkanes of at least 4 members (excludes halogenated alkanes) is 1. The van der Waals surface area contributed by atoms with Gasteiger partial charge in [-0.25, -0.2) is 4.74 Å². The van der Waals surface area contributed by atoms with Crippen LogP contribution >= 0.6 is 0 Å². The van der Waals surface area contributed by atoms with Crippen molar-refractivity contribution in [3.63, 3.8) is 0 Å². The first-order chi connectivity index (χ1) is 8.18. The molecule has 1 aromatic rings. The standard InChI is InChI=1S/C13H17NO3/c1-12(15)17-10-6-5-9-14(16)11-13-7-3-2-4-8-13/h2-4,7-9H,5-6,10-11H2,1H3/b14-9-. The molecule has 92 valence electrons. The van der Waals surface area contributed by atoms with Gasteiger partial charge in [0, 0.05) is 18.9 Å². The zero-order valence-electron chi connectivity index (χ0n) is 9.96. The summed E-state index contributed by atoms with van der Waals surface area (Å²) in [6, 6.07) is 9.56. The van der Waals surface area contributed by atoms with Gasteiger partial charge < -0.3 is 9.94 Å². The number of nitrogens with zero attached hydrogens (tertiary/aromatic N) is 1. The fraction of sp³-hybridized carbons (Fsp3) is 0.385. The zero-order valence-corrected chi connectivity index (χ0v) is 9.96. The minimum Gasteiger partial charge on any atom is -0.624 e. The van der Waals surface area contributed by atoms with Crippen LogP contribution in [-0.4, -0.2) is 23.5 Å². The molecule has 0 fully saturated rings. The van der Waals surface area contributed by atoms with Crippen LogP contribution in [0.5, 0.6) is 0 Å². The van der Waals surface area contributed by atoms with Gasteiger partial charge in [-0.15, -0.1) is 0 Å². The Hall–Kier alpha value is -1.84. The van der Waals surface area contributed by atoms with Crippen LogP contribution in [0, 0.1) is 5.21 Å². The van der Waals surface area contributed by atoms with Gasteiger partial charge in [-0.1, -0.05) is 30.3 Å². The van der Waals surface area contributed by atoms with Crippen LogP contribution in [0.3, 0.4) is 0 Å². The van der Waals surface area contributed by atoms with Gasteiger partial charge >= 0.3 is 5.97 Å². The molecule has 0 aliphatic heterocycles. The molecule has 0 spiro atoms. The lowest BCUT2D eigenvalue weighted by molar-refractivity contribution is -0.471. The normalized spacial score (nSPS) is 11.2. The fourth-order valence-electron chi connectivity index (χ4n) is 1.36. The van der Waals surface area contributed by atoms with E-state index in [4.69, 9.17) is 4.74 Å². The van der Waals surface area contributed by atoms with Crippen LogP contribution in [0.4, 0.5) is 0 Å². The molecule has 0 saturated heterocycles. The van der Waals surface area contributed by atoms with Crippen molar-refractivity contribution in [1.82, 2.24) is 0 Å². The van der Waals surface area contributed by atoms with E-state index in [-0.39, 0.29) is 5.97 Å². The summed E-state index contributed by atoms with van der Waals surface area (Å²) in [7, 11) is 0. The maximum Gasteiger partial charge on any atom is 0.302 e. The first-order valence-electron chi connectivity index (χ1n) is 5.63. The molecule has 17 heavy (non-hydrogen) atoms. The van der Waals surface area contributed by atoms with Gasteiger partial charge in [0.1, 0.15) is 0 Å². The summed E-state index contributed by atoms with van der Waals surface area (Å²) >= 11 is 0. The summed E-state index contributed by atoms with van der Waals surface area (Å²) in [6.07, 6.45) is 2.87. The highest BCUT2D eigenvalue weighted by atomic mass is 16.5. The number of esters is 1. The first-order valence-corrected chi connectivity index (χ1v) is 5.63. The Morgan fingerprint density at radius 3 is 2.76 bits per heavy atom. The average Bonchev–Trinajstić information content (AvgIpc) is 2.29. The zero-order chi connectivity index (χ0) is 12.5. The molecule has 0 aliphatic carbocycles. The molecule has 0 amide bonds. The maximum atomic E-state index is 11.5. The number of hydrogen-bond acceptors (Lipinski definition) is 3. The second-order valence-corrected chi connectivity index (χ2v) is 3.73. The third kappa shape index (κ3) is 6.35. The Morgan fingerprint density at radius 1 is 1.41 bits per heavy atom. The van der Waals surface area contributed by atoms with Crippen molar-refractivity contribution >= 4 is 12.2 Å². The van der Waals surface area contributed by atoms with E-state index in [1.807, 2.05) is 30.3 Å². The van der Waals surface area contributed by atoms with Gasteiger partial charge in [0.2, 0.25) is 0 Å². The van der Waals surface area contributed by atoms with Crippen LogP contribution < -0.4 is 0 Å². The average molecular weight is 235 g/mol. The molecule has 0 bridgehead atoms. The summed E-state index contributed by atoms with van der Waals surface area (Å²) < 4.78 is 5.67. The highest BCUT2D eigenvalue weighted by Crippen LogP contribution is 1.99. The van der Waals surface area contributed by atoms with Crippen LogP contribution in [0.1, 0.15) is 25.3 Å². The largest absolute Gasteiger partial charge is 0.624 e. The minimum atomic E-state index is -0.284. The highest BCUT2D eigenvalue weighted by Gasteiger charge is 1.97. The Balaban J connectivity index is 2.23. The molecular formula is C13H17NO3. The van der Waals surface area contributed by atoms with Crippen molar-refractivity contribution in [1.29, 1.82) is 0 Å². The van der Waals surface area contributed by atoms with Gasteiger partial charge in [-0.3, -0.25) is 4.79 Å². The van der Waals surface area contributed by atoms with Crippen LogP contribution in [0.25, 0.3) is 0 Å². The monoisotopic (exact) mass is 235 g/mol. The number of hydrogen-bond donors (Lipinski definition) is 0. The van der Waals surface area contributed by atoms with E-state index in [2.05, 4.69) is 0 Å². The number of rotatable bonds is 6. The maximum absolute atomic E-state index is 11.5. The summed E-state index contributed by atoms with van der Waals surface area (Å²) in [4.78, 5) is 10.5. The Morgan fingerprint density at radius 2 is 2.12 bits per heavy atom. The predicted octanol–water partition coefficient (Wildman–Crippen LogP) is 2.11. The van der Waals surface area contributed by atoms with Gasteiger partial charge in [-0.05, 0) is 6.42 Å². The van der Waals surface area contributed by atoms with Gasteiger partial charge in [0.05, 0.1) is 6.61 Å². The smallest absolute Gasteiger partial charge is 0.302 e. The fourth-order valence-corrected chi connectivity index (χ4v) is 1.36. The Bertz CT molecular complexity index is 374. The Labute approximate surface area is 101 Å². The lowest BCUT2D eigenvalue weighted by atomic mass is 10.2. The molecule has 0 aromatic heterocycles. The van der Waals surface area contributed by atoms with Crippen LogP contribution in [0.2, 0.25) is 0 Å².